The molecule has 0 spiro atoms. The number of amides is 1. The molecule has 0 fully saturated rings. The molecule has 0 bridgehead atoms. The van der Waals surface area contributed by atoms with Crippen molar-refractivity contribution in [1.29, 1.82) is 0 Å². The third kappa shape index (κ3) is 7.68. The molecular formula is C35H41F2N7O3Si. The normalized spacial score (nSPS) is 12.6. The summed E-state index contributed by atoms with van der Waals surface area (Å²) in [5, 5.41) is 11.5. The maximum Gasteiger partial charge on any atom is 0.222 e. The fourth-order valence-corrected chi connectivity index (χ4v) is 6.33. The van der Waals surface area contributed by atoms with E-state index in [1.165, 1.54) is 19.1 Å². The number of carbonyl (C=O) groups excluding carboxylic acids is 1. The van der Waals surface area contributed by atoms with Crippen molar-refractivity contribution >= 4 is 42.5 Å². The zero-order valence-corrected chi connectivity index (χ0v) is 29.5. The van der Waals surface area contributed by atoms with Gasteiger partial charge in [-0.3, -0.25) is 9.48 Å². The van der Waals surface area contributed by atoms with Gasteiger partial charge in [-0.25, -0.2) is 23.7 Å². The number of para-hydroxylation sites is 1. The quantitative estimate of drug-likeness (QED) is 0.134. The Bertz CT molecular complexity index is 1940. The molecule has 1 atom stereocenters. The summed E-state index contributed by atoms with van der Waals surface area (Å²) in [6.45, 7) is 16.1. The lowest BCUT2D eigenvalue weighted by molar-refractivity contribution is -0.114. The Morgan fingerprint density at radius 1 is 1.02 bits per heavy atom. The van der Waals surface area contributed by atoms with Gasteiger partial charge < -0.3 is 19.8 Å². The number of halogens is 2. The molecule has 13 heteroatoms. The second-order valence-corrected chi connectivity index (χ2v) is 17.8. The van der Waals surface area contributed by atoms with Crippen LogP contribution in [0, 0.1) is 11.6 Å². The second-order valence-electron chi connectivity index (χ2n) is 13.1. The van der Waals surface area contributed by atoms with E-state index in [-0.39, 0.29) is 34.9 Å². The lowest BCUT2D eigenvalue weighted by Gasteiger charge is -2.38. The van der Waals surface area contributed by atoms with E-state index in [1.807, 2.05) is 37.3 Å². The van der Waals surface area contributed by atoms with Gasteiger partial charge in [0.1, 0.15) is 34.7 Å². The van der Waals surface area contributed by atoms with Crippen LogP contribution in [0.1, 0.15) is 58.9 Å². The van der Waals surface area contributed by atoms with E-state index in [1.54, 1.807) is 29.9 Å². The Labute approximate surface area is 280 Å². The summed E-state index contributed by atoms with van der Waals surface area (Å²) in [4.78, 5) is 25.6. The van der Waals surface area contributed by atoms with Crippen LogP contribution >= 0.6 is 0 Å². The van der Waals surface area contributed by atoms with Crippen molar-refractivity contribution in [2.45, 2.75) is 72.3 Å². The van der Waals surface area contributed by atoms with E-state index in [9.17, 15) is 4.79 Å². The number of hydrogen-bond acceptors (Lipinski definition) is 8. The average molecular weight is 674 g/mol. The first kappa shape index (κ1) is 34.6. The minimum absolute atomic E-state index is 0.0320. The summed E-state index contributed by atoms with van der Waals surface area (Å²) < 4.78 is 43.8. The lowest BCUT2D eigenvalue weighted by atomic mass is 10.1. The number of fused-ring (bicyclic) bond motifs is 1. The number of anilines is 3. The highest BCUT2D eigenvalue weighted by Crippen LogP contribution is 2.40. The summed E-state index contributed by atoms with van der Waals surface area (Å²) in [7, 11) is -2.19. The van der Waals surface area contributed by atoms with Gasteiger partial charge in [0.25, 0.3) is 0 Å². The standard InChI is InChI=1S/C35H41F2N7O3Si/c1-9-46-24-17-27(36)26(28(37)18-24)20-44-30-13-11-10-12-25(30)33(43-44)34-41-29(21(2)47-48(7,8)35(4,5)6)19-32(42-34)40-23-14-15-38-31(16-23)39-22(3)45/h10-19,21H,9,20H2,1-8H3,(H2,38,39,40,41,42,45)/t21-/m0/s1. The Kier molecular flexibility index (Phi) is 9.92. The van der Waals surface area contributed by atoms with Crippen LogP contribution in [0.5, 0.6) is 5.75 Å². The van der Waals surface area contributed by atoms with Gasteiger partial charge in [0.15, 0.2) is 14.1 Å². The molecule has 0 radical (unpaired) electrons. The predicted octanol–water partition coefficient (Wildman–Crippen LogP) is 8.40. The van der Waals surface area contributed by atoms with E-state index >= 15 is 8.78 Å². The fraction of sp³-hybridized carbons (Fsp3) is 0.343. The van der Waals surface area contributed by atoms with Gasteiger partial charge in [-0.1, -0.05) is 39.0 Å². The molecule has 1 amide bonds. The summed E-state index contributed by atoms with van der Waals surface area (Å²) in [6, 6.07) is 15.0. The van der Waals surface area contributed by atoms with Crippen LogP contribution in [-0.2, 0) is 15.8 Å². The SMILES string of the molecule is CCOc1cc(F)c(Cn2nc(-c3nc(Nc4ccnc(NC(C)=O)c4)cc([C@H](C)O[Si](C)(C)C(C)(C)C)n3)c3ccccc32)c(F)c1. The largest absolute Gasteiger partial charge is 0.494 e. The van der Waals surface area contributed by atoms with Crippen LogP contribution in [0.25, 0.3) is 22.4 Å². The Morgan fingerprint density at radius 3 is 2.40 bits per heavy atom. The first-order valence-corrected chi connectivity index (χ1v) is 18.7. The van der Waals surface area contributed by atoms with Crippen molar-refractivity contribution in [3.63, 3.8) is 0 Å². The van der Waals surface area contributed by atoms with Crippen LogP contribution in [0.2, 0.25) is 18.1 Å². The number of rotatable bonds is 11. The number of pyridine rings is 1. The van der Waals surface area contributed by atoms with E-state index in [0.717, 1.165) is 0 Å². The van der Waals surface area contributed by atoms with E-state index in [0.29, 0.717) is 52.0 Å². The highest BCUT2D eigenvalue weighted by atomic mass is 28.4. The predicted molar refractivity (Wildman–Crippen MR) is 186 cm³/mol. The molecular weight excluding hydrogens is 633 g/mol. The maximum absolute atomic E-state index is 15.1. The molecule has 252 valence electrons. The molecule has 5 aromatic rings. The minimum Gasteiger partial charge on any atom is -0.494 e. The van der Waals surface area contributed by atoms with Gasteiger partial charge in [0, 0.05) is 54.0 Å². The molecule has 0 saturated heterocycles. The Hall–Kier alpha value is -4.75. The maximum atomic E-state index is 15.1. The van der Waals surface area contributed by atoms with Crippen molar-refractivity contribution < 1.29 is 22.7 Å². The van der Waals surface area contributed by atoms with Crippen LogP contribution in [0.3, 0.4) is 0 Å². The molecule has 0 aliphatic carbocycles. The lowest BCUT2D eigenvalue weighted by Crippen LogP contribution is -2.41. The third-order valence-electron chi connectivity index (χ3n) is 8.38. The molecule has 0 saturated carbocycles. The van der Waals surface area contributed by atoms with E-state index < -0.39 is 20.0 Å². The molecule has 5 rings (SSSR count). The van der Waals surface area contributed by atoms with Gasteiger partial charge in [-0.2, -0.15) is 5.10 Å². The first-order valence-electron chi connectivity index (χ1n) is 15.8. The molecule has 0 aliphatic heterocycles. The van der Waals surface area contributed by atoms with Gasteiger partial charge in [0.05, 0.1) is 30.5 Å². The zero-order chi connectivity index (χ0) is 34.8. The van der Waals surface area contributed by atoms with Gasteiger partial charge in [0.2, 0.25) is 5.91 Å². The molecule has 10 nitrogen and oxygen atoms in total. The van der Waals surface area contributed by atoms with Crippen LogP contribution in [-0.4, -0.2) is 45.6 Å². The van der Waals surface area contributed by atoms with Crippen molar-refractivity contribution in [1.82, 2.24) is 24.7 Å². The molecule has 0 aliphatic rings. The molecule has 3 heterocycles. The van der Waals surface area contributed by atoms with Gasteiger partial charge >= 0.3 is 0 Å². The number of aromatic nitrogens is 5. The zero-order valence-electron chi connectivity index (χ0n) is 28.5. The summed E-state index contributed by atoms with van der Waals surface area (Å²) >= 11 is 0. The molecule has 2 aromatic carbocycles. The van der Waals surface area contributed by atoms with E-state index in [4.69, 9.17) is 24.2 Å². The number of carbonyl (C=O) groups is 1. The topological polar surface area (TPSA) is 116 Å². The summed E-state index contributed by atoms with van der Waals surface area (Å²) in [5.41, 5.74) is 2.22. The third-order valence-corrected chi connectivity index (χ3v) is 12.9. The summed E-state index contributed by atoms with van der Waals surface area (Å²) in [5.74, 6) is -0.415. The number of hydrogen-bond donors (Lipinski definition) is 2. The van der Waals surface area contributed by atoms with Gasteiger partial charge in [-0.15, -0.1) is 0 Å². The molecule has 0 unspecified atom stereocenters. The van der Waals surface area contributed by atoms with Crippen molar-refractivity contribution in [2.24, 2.45) is 0 Å². The Balaban J connectivity index is 1.61. The smallest absolute Gasteiger partial charge is 0.222 e. The highest BCUT2D eigenvalue weighted by molar-refractivity contribution is 6.74. The van der Waals surface area contributed by atoms with Gasteiger partial charge in [-0.05, 0) is 44.1 Å². The van der Waals surface area contributed by atoms with Crippen molar-refractivity contribution in [3.05, 3.63) is 83.7 Å². The number of ether oxygens (including phenoxy) is 1. The molecule has 3 aromatic heterocycles. The Morgan fingerprint density at radius 2 is 1.73 bits per heavy atom. The second kappa shape index (κ2) is 13.8. The number of benzene rings is 2. The average Bonchev–Trinajstić information content (AvgIpc) is 3.36. The monoisotopic (exact) mass is 673 g/mol. The summed E-state index contributed by atoms with van der Waals surface area (Å²) in [6.07, 6.45) is 1.19. The van der Waals surface area contributed by atoms with Crippen molar-refractivity contribution in [2.75, 3.05) is 17.2 Å². The first-order chi connectivity index (χ1) is 22.6. The molecule has 2 N–H and O–H groups in total. The fourth-order valence-electron chi connectivity index (χ4n) is 4.97. The van der Waals surface area contributed by atoms with E-state index in [2.05, 4.69) is 49.5 Å². The van der Waals surface area contributed by atoms with Crippen LogP contribution in [0.4, 0.5) is 26.1 Å². The number of nitrogens with zero attached hydrogens (tertiary/aromatic N) is 5. The molecule has 48 heavy (non-hydrogen) atoms. The van der Waals surface area contributed by atoms with Crippen LogP contribution in [0.15, 0.2) is 60.8 Å². The minimum atomic E-state index is -2.19. The number of nitrogens with one attached hydrogen (secondary N) is 2. The highest BCUT2D eigenvalue weighted by Gasteiger charge is 2.39. The van der Waals surface area contributed by atoms with Crippen LogP contribution < -0.4 is 15.4 Å². The van der Waals surface area contributed by atoms with Crippen molar-refractivity contribution in [3.8, 4) is 17.3 Å².